The van der Waals surface area contributed by atoms with Crippen molar-refractivity contribution in [2.45, 2.75) is 97.4 Å². The highest BCUT2D eigenvalue weighted by Crippen LogP contribution is 2.41. The molecule has 5 heterocycles. The topological polar surface area (TPSA) is 141 Å². The van der Waals surface area contributed by atoms with Crippen LogP contribution in [0.4, 0.5) is 21.6 Å². The number of aromatic nitrogens is 1. The zero-order chi connectivity index (χ0) is 46.6. The lowest BCUT2D eigenvalue weighted by Crippen LogP contribution is -2.70. The third kappa shape index (κ3) is 13.5. The van der Waals surface area contributed by atoms with Crippen molar-refractivity contribution in [3.63, 3.8) is 0 Å². The van der Waals surface area contributed by atoms with E-state index in [1.165, 1.54) is 32.2 Å². The molecule has 65 heavy (non-hydrogen) atoms. The highest BCUT2D eigenvalue weighted by atomic mass is 19.3. The van der Waals surface area contributed by atoms with Gasteiger partial charge in [-0.15, -0.1) is 0 Å². The lowest BCUT2D eigenvalue weighted by molar-refractivity contribution is -0.199. The van der Waals surface area contributed by atoms with Crippen molar-refractivity contribution in [3.8, 4) is 0 Å². The molecule has 4 aliphatic heterocycles. The molecule has 7 rings (SSSR count). The summed E-state index contributed by atoms with van der Waals surface area (Å²) in [6.07, 6.45) is 9.17. The van der Waals surface area contributed by atoms with E-state index in [0.717, 1.165) is 111 Å². The van der Waals surface area contributed by atoms with E-state index in [4.69, 9.17) is 24.9 Å². The fraction of sp³-hybridized carbons (Fsp3) is 0.694. The number of allylic oxidation sites excluding steroid dienone is 1. The van der Waals surface area contributed by atoms with Crippen LogP contribution >= 0.6 is 0 Å². The second-order valence-electron chi connectivity index (χ2n) is 19.7. The van der Waals surface area contributed by atoms with Gasteiger partial charge < -0.3 is 39.4 Å². The molecule has 5 fully saturated rings. The third-order valence-corrected chi connectivity index (χ3v) is 13.8. The van der Waals surface area contributed by atoms with Gasteiger partial charge in [0, 0.05) is 132 Å². The monoisotopic (exact) mass is 908 g/mol. The van der Waals surface area contributed by atoms with Crippen molar-refractivity contribution in [3.05, 3.63) is 53.4 Å². The van der Waals surface area contributed by atoms with Crippen LogP contribution in [0.25, 0.3) is 5.70 Å². The van der Waals surface area contributed by atoms with Gasteiger partial charge in [0.25, 0.3) is 6.47 Å². The number of likely N-dealkylation sites (tertiary alicyclic amines) is 1. The highest BCUT2D eigenvalue weighted by molar-refractivity contribution is 5.84. The van der Waals surface area contributed by atoms with Crippen LogP contribution in [0, 0.1) is 10.8 Å². The fourth-order valence-corrected chi connectivity index (χ4v) is 10.0. The van der Waals surface area contributed by atoms with Gasteiger partial charge in [0.05, 0.1) is 49.5 Å². The lowest BCUT2D eigenvalue weighted by atomic mass is 9.76. The Morgan fingerprint density at radius 1 is 1.08 bits per heavy atom. The number of nitrogens with one attached hydrogen (secondary N) is 1. The molecule has 15 nitrogen and oxygen atoms in total. The number of methoxy groups -OCH3 is 1. The van der Waals surface area contributed by atoms with Crippen LogP contribution in [-0.2, 0) is 28.7 Å². The quantitative estimate of drug-likeness (QED) is 0.136. The van der Waals surface area contributed by atoms with Crippen molar-refractivity contribution in [1.29, 1.82) is 0 Å². The summed E-state index contributed by atoms with van der Waals surface area (Å²) in [5, 5.41) is 2.14. The van der Waals surface area contributed by atoms with Crippen LogP contribution in [-0.4, -0.2) is 163 Å². The molecule has 3 unspecified atom stereocenters. The third-order valence-electron chi connectivity index (χ3n) is 13.8. The van der Waals surface area contributed by atoms with Gasteiger partial charge in [-0.3, -0.25) is 25.0 Å². The average Bonchev–Trinajstić information content (AvgIpc) is 4.14. The molecule has 1 saturated carbocycles. The van der Waals surface area contributed by atoms with Crippen molar-refractivity contribution in [2.75, 3.05) is 127 Å². The highest BCUT2D eigenvalue weighted by Gasteiger charge is 2.51. The number of hydrazine groups is 1. The summed E-state index contributed by atoms with van der Waals surface area (Å²) in [6.45, 7) is 22.4. The van der Waals surface area contributed by atoms with Crippen molar-refractivity contribution in [2.24, 2.45) is 16.6 Å². The first kappa shape index (κ1) is 50.7. The molecule has 0 radical (unpaired) electrons. The molecule has 0 amide bonds. The van der Waals surface area contributed by atoms with Crippen LogP contribution in [0.3, 0.4) is 0 Å². The molecular weight excluding hydrogens is 830 g/mol. The van der Waals surface area contributed by atoms with Crippen molar-refractivity contribution >= 4 is 35.5 Å². The normalized spacial score (nSPS) is 20.9. The molecule has 5 aliphatic rings. The van der Waals surface area contributed by atoms with E-state index in [9.17, 15) is 14.1 Å². The summed E-state index contributed by atoms with van der Waals surface area (Å²) in [5.74, 6) is 0. The van der Waals surface area contributed by atoms with Gasteiger partial charge in [-0.05, 0) is 99.7 Å². The van der Waals surface area contributed by atoms with Crippen molar-refractivity contribution < 1.29 is 33.3 Å². The van der Waals surface area contributed by atoms with E-state index in [0.29, 0.717) is 38.9 Å². The van der Waals surface area contributed by atoms with E-state index in [-0.39, 0.29) is 36.2 Å². The van der Waals surface area contributed by atoms with E-state index in [2.05, 4.69) is 105 Å². The fourth-order valence-electron chi connectivity index (χ4n) is 10.0. The smallest absolute Gasteiger partial charge is 0.293 e. The minimum Gasteiger partial charge on any atom is -0.467 e. The maximum atomic E-state index is 13.1. The minimum atomic E-state index is -0.618. The summed E-state index contributed by atoms with van der Waals surface area (Å²) in [5.41, 5.74) is 16.4. The Balaban J connectivity index is 0.000000912. The predicted molar refractivity (Wildman–Crippen MR) is 255 cm³/mol. The maximum Gasteiger partial charge on any atom is 0.293 e. The van der Waals surface area contributed by atoms with E-state index in [1.807, 2.05) is 13.1 Å². The van der Waals surface area contributed by atoms with Gasteiger partial charge in [-0.2, -0.15) is 4.94 Å². The Labute approximate surface area is 387 Å². The van der Waals surface area contributed by atoms with Crippen molar-refractivity contribution in [1.82, 2.24) is 25.2 Å². The Kier molecular flexibility index (Phi) is 18.6. The number of carbonyl (C=O) groups is 2. The van der Waals surface area contributed by atoms with Crippen LogP contribution in [0.15, 0.2) is 42.1 Å². The number of carbonyl (C=O) groups excluding carboxylic acids is 2. The van der Waals surface area contributed by atoms with Crippen LogP contribution in [0.5, 0.6) is 0 Å². The molecule has 362 valence electrons. The molecule has 3 N–H and O–H groups in total. The first-order chi connectivity index (χ1) is 31.3. The summed E-state index contributed by atoms with van der Waals surface area (Å²) >= 11 is 0. The van der Waals surface area contributed by atoms with Gasteiger partial charge in [-0.25, -0.2) is 5.01 Å². The second-order valence-corrected chi connectivity index (χ2v) is 19.7. The molecular formula is C49H78FN9O6. The van der Waals surface area contributed by atoms with Gasteiger partial charge in [0.15, 0.2) is 0 Å². The zero-order valence-electron chi connectivity index (χ0n) is 40.3. The van der Waals surface area contributed by atoms with Crippen LogP contribution in [0.1, 0.15) is 90.5 Å². The summed E-state index contributed by atoms with van der Waals surface area (Å²) in [4.78, 5) is 44.1. The van der Waals surface area contributed by atoms with Gasteiger partial charge in [0.2, 0.25) is 0 Å². The predicted octanol–water partition coefficient (Wildman–Crippen LogP) is 5.46. The number of hydrogen-bond acceptors (Lipinski definition) is 15. The standard InChI is InChI=1S/C44H66FN7O6.C5H12N2/c1-7-52(36-12-10-34(11-13-36)48(20-21-58-45)15-14-40(39(46)25-53)51-26-44(27-51)29-56-30-44)42(32(2)23-43(4,5)28-57-31-54)38-22-37(24-47-41(38)33(3)55-6)50-18-16-49(17-19-50)35-8-9-35;1-7-5-3-2-4-6-7/h10-13,22,24-25,31,33,35,39-40H,7-9,14-21,23,26-30,46H2,1-6H3;6H,2-5H2,1H3/b42-32+;. The van der Waals surface area contributed by atoms with E-state index < -0.39 is 6.04 Å². The molecule has 1 aromatic heterocycles. The maximum absolute atomic E-state index is 13.1. The van der Waals surface area contributed by atoms with Gasteiger partial charge >= 0.3 is 0 Å². The first-order valence-corrected chi connectivity index (χ1v) is 23.9. The Morgan fingerprint density at radius 3 is 2.32 bits per heavy atom. The van der Waals surface area contributed by atoms with E-state index in [1.54, 1.807) is 7.11 Å². The summed E-state index contributed by atoms with van der Waals surface area (Å²) in [6, 6.07) is 10.6. The van der Waals surface area contributed by atoms with Gasteiger partial charge in [-0.1, -0.05) is 13.8 Å². The SMILES string of the molecule is CCN(/C(=C(\C)CC(C)(C)COC=O)c1cc(N2CCN(C3CC3)CC2)cnc1C(C)OC)c1ccc(N(CCOF)CCC(C(N)C=O)N2CC3(COC3)C2)cc1.CN1CCCCN1. The number of benzene rings is 1. The Bertz CT molecular complexity index is 1820. The molecule has 3 atom stereocenters. The lowest BCUT2D eigenvalue weighted by Gasteiger charge is -2.58. The number of piperazine rings is 1. The molecule has 1 spiro atoms. The number of aldehydes is 1. The van der Waals surface area contributed by atoms with Crippen LogP contribution < -0.4 is 25.9 Å². The largest absolute Gasteiger partial charge is 0.467 e. The molecule has 1 aliphatic carbocycles. The molecule has 0 bridgehead atoms. The second kappa shape index (κ2) is 23.8. The number of pyridine rings is 1. The summed E-state index contributed by atoms with van der Waals surface area (Å²) < 4.78 is 29.8. The first-order valence-electron chi connectivity index (χ1n) is 23.9. The molecule has 2 aromatic rings. The molecule has 16 heteroatoms. The zero-order valence-corrected chi connectivity index (χ0v) is 40.3. The Hall–Kier alpha value is -3.74. The van der Waals surface area contributed by atoms with Gasteiger partial charge in [0.1, 0.15) is 12.9 Å². The average molecular weight is 908 g/mol. The molecule has 1 aromatic carbocycles. The number of hydrogen-bond donors (Lipinski definition) is 2. The Morgan fingerprint density at radius 2 is 1.78 bits per heavy atom. The van der Waals surface area contributed by atoms with Crippen LogP contribution in [0.2, 0.25) is 0 Å². The summed E-state index contributed by atoms with van der Waals surface area (Å²) in [7, 11) is 3.80. The minimum absolute atomic E-state index is 0.0908. The number of rotatable bonds is 23. The number of nitrogens with two attached hydrogens (primary N) is 1. The number of anilines is 3. The van der Waals surface area contributed by atoms with E-state index >= 15 is 0 Å². The number of halogens is 1. The molecule has 4 saturated heterocycles. The number of nitrogens with zero attached hydrogens (tertiary/aromatic N) is 7. The number of ether oxygens (including phenoxy) is 3.